The van der Waals surface area contributed by atoms with Crippen LogP contribution in [0.15, 0.2) is 42.5 Å². The third-order valence-corrected chi connectivity index (χ3v) is 4.83. The second-order valence-corrected chi connectivity index (χ2v) is 6.41. The number of carbonyl (C=O) groups is 1. The lowest BCUT2D eigenvalue weighted by Gasteiger charge is -2.36. The molecule has 0 spiro atoms. The lowest BCUT2D eigenvalue weighted by atomic mass is 10.1. The van der Waals surface area contributed by atoms with Gasteiger partial charge >= 0.3 is 0 Å². The SMILES string of the molecule is COc1cc(CC(=O)N2CCN(c3ccccc3)CC2)cc(OC)c1OC. The Morgan fingerprint density at radius 2 is 1.48 bits per heavy atom. The fourth-order valence-electron chi connectivity index (χ4n) is 3.38. The van der Waals surface area contributed by atoms with Crippen LogP contribution >= 0.6 is 0 Å². The zero-order valence-electron chi connectivity index (χ0n) is 16.1. The predicted octanol–water partition coefficient (Wildman–Crippen LogP) is 2.60. The monoisotopic (exact) mass is 370 g/mol. The molecule has 1 amide bonds. The van der Waals surface area contributed by atoms with Crippen molar-refractivity contribution in [2.24, 2.45) is 0 Å². The molecule has 27 heavy (non-hydrogen) atoms. The van der Waals surface area contributed by atoms with Crippen LogP contribution in [-0.4, -0.2) is 58.3 Å². The highest BCUT2D eigenvalue weighted by molar-refractivity contribution is 5.79. The fourth-order valence-corrected chi connectivity index (χ4v) is 3.38. The molecule has 0 aromatic heterocycles. The van der Waals surface area contributed by atoms with Gasteiger partial charge in [0.05, 0.1) is 27.8 Å². The van der Waals surface area contributed by atoms with Gasteiger partial charge in [-0.2, -0.15) is 0 Å². The molecule has 2 aromatic carbocycles. The molecule has 1 heterocycles. The van der Waals surface area contributed by atoms with Crippen molar-refractivity contribution < 1.29 is 19.0 Å². The molecule has 0 radical (unpaired) electrons. The second kappa shape index (κ2) is 8.66. The maximum atomic E-state index is 12.8. The minimum atomic E-state index is 0.108. The van der Waals surface area contributed by atoms with E-state index in [0.717, 1.165) is 31.7 Å². The number of amides is 1. The first-order chi connectivity index (χ1) is 13.2. The van der Waals surface area contributed by atoms with Gasteiger partial charge in [-0.15, -0.1) is 0 Å². The van der Waals surface area contributed by atoms with Crippen molar-refractivity contribution in [2.75, 3.05) is 52.4 Å². The first kappa shape index (κ1) is 18.9. The number of nitrogens with zero attached hydrogens (tertiary/aromatic N) is 2. The van der Waals surface area contributed by atoms with Crippen LogP contribution in [0.5, 0.6) is 17.2 Å². The van der Waals surface area contributed by atoms with E-state index in [4.69, 9.17) is 14.2 Å². The van der Waals surface area contributed by atoms with Crippen LogP contribution in [-0.2, 0) is 11.2 Å². The molecule has 0 atom stereocenters. The van der Waals surface area contributed by atoms with Crippen molar-refractivity contribution in [3.05, 3.63) is 48.0 Å². The van der Waals surface area contributed by atoms with E-state index in [9.17, 15) is 4.79 Å². The summed E-state index contributed by atoms with van der Waals surface area (Å²) in [7, 11) is 4.72. The molecule has 0 bridgehead atoms. The average molecular weight is 370 g/mol. The van der Waals surface area contributed by atoms with Gasteiger partial charge in [0.2, 0.25) is 11.7 Å². The van der Waals surface area contributed by atoms with Crippen LogP contribution in [0.3, 0.4) is 0 Å². The number of rotatable bonds is 6. The number of carbonyl (C=O) groups excluding carboxylic acids is 1. The largest absolute Gasteiger partial charge is 0.493 e. The van der Waals surface area contributed by atoms with Crippen LogP contribution in [0, 0.1) is 0 Å². The standard InChI is InChI=1S/C21H26N2O4/c1-25-18-13-16(14-19(26-2)21(18)27-3)15-20(24)23-11-9-22(10-12-23)17-7-5-4-6-8-17/h4-8,13-14H,9-12,15H2,1-3H3. The molecule has 3 rings (SSSR count). The second-order valence-electron chi connectivity index (χ2n) is 6.41. The molecule has 1 saturated heterocycles. The van der Waals surface area contributed by atoms with E-state index in [-0.39, 0.29) is 5.91 Å². The normalized spacial score (nSPS) is 14.0. The third kappa shape index (κ3) is 4.27. The van der Waals surface area contributed by atoms with Gasteiger partial charge in [-0.1, -0.05) is 18.2 Å². The van der Waals surface area contributed by atoms with Crippen LogP contribution in [0.2, 0.25) is 0 Å². The van der Waals surface area contributed by atoms with Crippen molar-refractivity contribution in [1.29, 1.82) is 0 Å². The van der Waals surface area contributed by atoms with E-state index >= 15 is 0 Å². The summed E-state index contributed by atoms with van der Waals surface area (Å²) in [6.45, 7) is 3.12. The van der Waals surface area contributed by atoms with Crippen molar-refractivity contribution in [1.82, 2.24) is 4.90 Å². The zero-order valence-corrected chi connectivity index (χ0v) is 16.1. The predicted molar refractivity (Wildman–Crippen MR) is 105 cm³/mol. The van der Waals surface area contributed by atoms with Crippen LogP contribution in [0.25, 0.3) is 0 Å². The van der Waals surface area contributed by atoms with Gasteiger partial charge in [0.25, 0.3) is 0 Å². The molecule has 0 saturated carbocycles. The first-order valence-corrected chi connectivity index (χ1v) is 9.03. The Labute approximate surface area is 160 Å². The molecule has 0 N–H and O–H groups in total. The Morgan fingerprint density at radius 3 is 2.00 bits per heavy atom. The first-order valence-electron chi connectivity index (χ1n) is 9.03. The zero-order chi connectivity index (χ0) is 19.2. The maximum Gasteiger partial charge on any atom is 0.227 e. The van der Waals surface area contributed by atoms with E-state index in [1.807, 2.05) is 35.2 Å². The van der Waals surface area contributed by atoms with Gasteiger partial charge in [-0.05, 0) is 29.8 Å². The third-order valence-electron chi connectivity index (χ3n) is 4.83. The van der Waals surface area contributed by atoms with Crippen molar-refractivity contribution >= 4 is 11.6 Å². The summed E-state index contributed by atoms with van der Waals surface area (Å²) < 4.78 is 16.1. The minimum Gasteiger partial charge on any atom is -0.493 e. The summed E-state index contributed by atoms with van der Waals surface area (Å²) in [4.78, 5) is 17.0. The van der Waals surface area contributed by atoms with Gasteiger partial charge in [-0.3, -0.25) is 4.79 Å². The van der Waals surface area contributed by atoms with Crippen molar-refractivity contribution in [2.45, 2.75) is 6.42 Å². The molecule has 0 aliphatic carbocycles. The number of hydrogen-bond donors (Lipinski definition) is 0. The van der Waals surface area contributed by atoms with E-state index in [1.54, 1.807) is 21.3 Å². The molecule has 6 nitrogen and oxygen atoms in total. The molecule has 0 unspecified atom stereocenters. The molecule has 1 fully saturated rings. The Bertz CT molecular complexity index is 746. The molecular formula is C21H26N2O4. The number of piperazine rings is 1. The van der Waals surface area contributed by atoms with Gasteiger partial charge in [-0.25, -0.2) is 0 Å². The summed E-state index contributed by atoms with van der Waals surface area (Å²) in [5.74, 6) is 1.77. The fraction of sp³-hybridized carbons (Fsp3) is 0.381. The summed E-state index contributed by atoms with van der Waals surface area (Å²) in [5, 5.41) is 0. The molecule has 1 aliphatic heterocycles. The molecule has 1 aliphatic rings. The lowest BCUT2D eigenvalue weighted by Crippen LogP contribution is -2.49. The lowest BCUT2D eigenvalue weighted by molar-refractivity contribution is -0.130. The number of hydrogen-bond acceptors (Lipinski definition) is 5. The van der Waals surface area contributed by atoms with E-state index in [2.05, 4.69) is 17.0 Å². The topological polar surface area (TPSA) is 51.2 Å². The van der Waals surface area contributed by atoms with Crippen LogP contribution in [0.1, 0.15) is 5.56 Å². The van der Waals surface area contributed by atoms with E-state index < -0.39 is 0 Å². The number of anilines is 1. The summed E-state index contributed by atoms with van der Waals surface area (Å²) in [6, 6.07) is 14.0. The molecule has 6 heteroatoms. The molecule has 144 valence electrons. The highest BCUT2D eigenvalue weighted by atomic mass is 16.5. The van der Waals surface area contributed by atoms with E-state index in [0.29, 0.717) is 23.7 Å². The number of methoxy groups -OCH3 is 3. The van der Waals surface area contributed by atoms with Crippen LogP contribution < -0.4 is 19.1 Å². The number of para-hydroxylation sites is 1. The quantitative estimate of drug-likeness (QED) is 0.782. The van der Waals surface area contributed by atoms with Crippen LogP contribution in [0.4, 0.5) is 5.69 Å². The highest BCUT2D eigenvalue weighted by Crippen LogP contribution is 2.38. The van der Waals surface area contributed by atoms with Gasteiger partial charge in [0.15, 0.2) is 11.5 Å². The van der Waals surface area contributed by atoms with E-state index in [1.165, 1.54) is 5.69 Å². The summed E-state index contributed by atoms with van der Waals surface area (Å²) in [6.07, 6.45) is 0.308. The number of ether oxygens (including phenoxy) is 3. The Kier molecular flexibility index (Phi) is 6.06. The average Bonchev–Trinajstić information content (AvgIpc) is 2.73. The highest BCUT2D eigenvalue weighted by Gasteiger charge is 2.22. The Balaban J connectivity index is 1.64. The molecule has 2 aromatic rings. The Morgan fingerprint density at radius 1 is 0.889 bits per heavy atom. The Hall–Kier alpha value is -2.89. The summed E-state index contributed by atoms with van der Waals surface area (Å²) >= 11 is 0. The summed E-state index contributed by atoms with van der Waals surface area (Å²) in [5.41, 5.74) is 2.05. The van der Waals surface area contributed by atoms with Crippen molar-refractivity contribution in [3.63, 3.8) is 0 Å². The van der Waals surface area contributed by atoms with Crippen molar-refractivity contribution in [3.8, 4) is 17.2 Å². The van der Waals surface area contributed by atoms with Gasteiger partial charge < -0.3 is 24.0 Å². The smallest absolute Gasteiger partial charge is 0.227 e. The van der Waals surface area contributed by atoms with Gasteiger partial charge in [0.1, 0.15) is 0 Å². The maximum absolute atomic E-state index is 12.8. The minimum absolute atomic E-state index is 0.108. The molecular weight excluding hydrogens is 344 g/mol. The number of benzene rings is 2. The van der Waals surface area contributed by atoms with Gasteiger partial charge in [0, 0.05) is 31.9 Å².